The van der Waals surface area contributed by atoms with Gasteiger partial charge in [-0.25, -0.2) is 17.9 Å². The second-order valence-corrected chi connectivity index (χ2v) is 8.54. The van der Waals surface area contributed by atoms with E-state index in [-0.39, 0.29) is 0 Å². The monoisotopic (exact) mass is 379 g/mol. The summed E-state index contributed by atoms with van der Waals surface area (Å²) in [4.78, 5) is 10.6. The van der Waals surface area contributed by atoms with Crippen molar-refractivity contribution in [3.05, 3.63) is 42.0 Å². The molecule has 2 rings (SSSR count). The van der Waals surface area contributed by atoms with E-state index in [9.17, 15) is 13.2 Å². The molecule has 0 bridgehead atoms. The summed E-state index contributed by atoms with van der Waals surface area (Å²) in [5.74, 6) is 0.709. The maximum atomic E-state index is 11.8. The molecule has 0 fully saturated rings. The first-order valence-electron chi connectivity index (χ1n) is 8.45. The molecule has 0 saturated heterocycles. The third kappa shape index (κ3) is 5.89. The van der Waals surface area contributed by atoms with Gasteiger partial charge in [0.15, 0.2) is 0 Å². The average molecular weight is 379 g/mol. The highest BCUT2D eigenvalue weighted by Crippen LogP contribution is 2.22. The van der Waals surface area contributed by atoms with Crippen molar-refractivity contribution in [2.45, 2.75) is 25.5 Å². The zero-order valence-corrected chi connectivity index (χ0v) is 15.8. The van der Waals surface area contributed by atoms with Gasteiger partial charge in [0.05, 0.1) is 11.8 Å². The van der Waals surface area contributed by atoms with Crippen LogP contribution in [0.15, 0.2) is 36.4 Å². The number of hydrogen-bond acceptors (Lipinski definition) is 4. The lowest BCUT2D eigenvalue weighted by atomic mass is 10.0. The van der Waals surface area contributed by atoms with Crippen LogP contribution in [0.25, 0.3) is 10.8 Å². The normalized spacial score (nSPS) is 11.7. The van der Waals surface area contributed by atoms with E-state index < -0.39 is 21.3 Å². The Kier molecular flexibility index (Phi) is 6.82. The Labute approximate surface area is 154 Å². The van der Waals surface area contributed by atoms with Crippen molar-refractivity contribution in [3.8, 4) is 5.75 Å². The molecule has 0 radical (unpaired) electrons. The summed E-state index contributed by atoms with van der Waals surface area (Å²) in [6, 6.07) is 11.2. The van der Waals surface area contributed by atoms with Crippen molar-refractivity contribution in [1.29, 1.82) is 0 Å². The van der Waals surface area contributed by atoms with Crippen LogP contribution in [0.5, 0.6) is 5.75 Å². The van der Waals surface area contributed by atoms with Gasteiger partial charge < -0.3 is 15.8 Å². The molecule has 26 heavy (non-hydrogen) atoms. The van der Waals surface area contributed by atoms with Crippen LogP contribution in [-0.4, -0.2) is 39.4 Å². The van der Waals surface area contributed by atoms with E-state index in [4.69, 9.17) is 10.5 Å². The lowest BCUT2D eigenvalue weighted by molar-refractivity contribution is 0.244. The molecule has 0 atom stereocenters. The summed E-state index contributed by atoms with van der Waals surface area (Å²) in [6.07, 6.45) is 0.624. The number of carbonyl (C=O) groups excluding carboxylic acids is 1. The van der Waals surface area contributed by atoms with Gasteiger partial charge in [0.1, 0.15) is 12.4 Å². The fourth-order valence-electron chi connectivity index (χ4n) is 2.37. The van der Waals surface area contributed by atoms with E-state index in [1.807, 2.05) is 36.4 Å². The quantitative estimate of drug-likeness (QED) is 0.577. The van der Waals surface area contributed by atoms with Crippen LogP contribution < -0.4 is 20.5 Å². The van der Waals surface area contributed by atoms with E-state index in [2.05, 4.69) is 10.0 Å². The molecule has 4 N–H and O–H groups in total. The van der Waals surface area contributed by atoms with Gasteiger partial charge in [-0.1, -0.05) is 24.3 Å². The Morgan fingerprint density at radius 2 is 1.81 bits per heavy atom. The van der Waals surface area contributed by atoms with Crippen LogP contribution in [0.1, 0.15) is 19.4 Å². The van der Waals surface area contributed by atoms with Crippen molar-refractivity contribution < 1.29 is 17.9 Å². The maximum absolute atomic E-state index is 11.8. The molecule has 2 aromatic rings. The van der Waals surface area contributed by atoms with Crippen molar-refractivity contribution in [1.82, 2.24) is 10.0 Å². The number of urea groups is 1. The lowest BCUT2D eigenvalue weighted by Crippen LogP contribution is -2.32. The van der Waals surface area contributed by atoms with Gasteiger partial charge in [0.25, 0.3) is 0 Å². The van der Waals surface area contributed by atoms with Crippen LogP contribution in [0.4, 0.5) is 4.79 Å². The van der Waals surface area contributed by atoms with Crippen molar-refractivity contribution in [2.75, 3.05) is 19.7 Å². The van der Waals surface area contributed by atoms with Gasteiger partial charge in [-0.2, -0.15) is 0 Å². The van der Waals surface area contributed by atoms with Gasteiger partial charge in [0, 0.05) is 6.54 Å². The third-order valence-electron chi connectivity index (χ3n) is 3.88. The topological polar surface area (TPSA) is 111 Å². The summed E-state index contributed by atoms with van der Waals surface area (Å²) in [6.45, 7) is 4.37. The molecule has 0 aromatic heterocycles. The first-order chi connectivity index (χ1) is 12.3. The highest BCUT2D eigenvalue weighted by molar-refractivity contribution is 7.90. The van der Waals surface area contributed by atoms with Gasteiger partial charge in [-0.15, -0.1) is 0 Å². The molecule has 0 heterocycles. The lowest BCUT2D eigenvalue weighted by Gasteiger charge is -2.10. The third-order valence-corrected chi connectivity index (χ3v) is 5.73. The smallest absolute Gasteiger partial charge is 0.312 e. The number of sulfonamides is 1. The van der Waals surface area contributed by atoms with Crippen LogP contribution in [-0.2, 0) is 16.4 Å². The predicted molar refractivity (Wildman–Crippen MR) is 103 cm³/mol. The molecule has 0 aliphatic rings. The van der Waals surface area contributed by atoms with Crippen molar-refractivity contribution in [3.63, 3.8) is 0 Å². The fourth-order valence-corrected chi connectivity index (χ4v) is 3.09. The number of amides is 2. The minimum Gasteiger partial charge on any atom is -0.492 e. The van der Waals surface area contributed by atoms with Crippen molar-refractivity contribution in [2.24, 2.45) is 5.73 Å². The van der Waals surface area contributed by atoms with E-state index in [1.165, 1.54) is 0 Å². The first-order valence-corrected chi connectivity index (χ1v) is 10.00. The number of ether oxygens (including phenoxy) is 1. The van der Waals surface area contributed by atoms with Gasteiger partial charge in [0.2, 0.25) is 10.0 Å². The SMILES string of the molecule is CC(C)S(=O)(=O)NCCc1ccc2cc(OCCNC(N)=O)ccc2c1. The van der Waals surface area contributed by atoms with E-state index in [0.29, 0.717) is 31.9 Å². The number of hydrogen-bond donors (Lipinski definition) is 3. The number of nitrogens with two attached hydrogens (primary N) is 1. The number of benzene rings is 2. The highest BCUT2D eigenvalue weighted by Gasteiger charge is 2.14. The number of fused-ring (bicyclic) bond motifs is 1. The average Bonchev–Trinajstić information content (AvgIpc) is 2.58. The summed E-state index contributed by atoms with van der Waals surface area (Å²) in [7, 11) is -3.23. The molecule has 2 aromatic carbocycles. The number of carbonyl (C=O) groups is 1. The van der Waals surface area contributed by atoms with E-state index in [1.54, 1.807) is 13.8 Å². The van der Waals surface area contributed by atoms with E-state index >= 15 is 0 Å². The highest BCUT2D eigenvalue weighted by atomic mass is 32.2. The second-order valence-electron chi connectivity index (χ2n) is 6.22. The molecule has 2 amide bonds. The second kappa shape index (κ2) is 8.86. The van der Waals surface area contributed by atoms with Crippen LogP contribution in [0, 0.1) is 0 Å². The molecular weight excluding hydrogens is 354 g/mol. The van der Waals surface area contributed by atoms with Gasteiger partial charge in [-0.05, 0) is 48.7 Å². The molecule has 0 aliphatic carbocycles. The van der Waals surface area contributed by atoms with Gasteiger partial charge in [-0.3, -0.25) is 0 Å². The molecule has 142 valence electrons. The zero-order chi connectivity index (χ0) is 19.2. The Morgan fingerprint density at radius 3 is 2.50 bits per heavy atom. The van der Waals surface area contributed by atoms with E-state index in [0.717, 1.165) is 16.3 Å². The summed E-state index contributed by atoms with van der Waals surface area (Å²) < 4.78 is 31.7. The van der Waals surface area contributed by atoms with Crippen LogP contribution in [0.2, 0.25) is 0 Å². The van der Waals surface area contributed by atoms with Crippen LogP contribution in [0.3, 0.4) is 0 Å². The van der Waals surface area contributed by atoms with Crippen LogP contribution >= 0.6 is 0 Å². The minimum absolute atomic E-state index is 0.336. The first kappa shape index (κ1) is 20.0. The molecule has 0 aliphatic heterocycles. The molecule has 0 unspecified atom stereocenters. The number of rotatable bonds is 9. The van der Waals surface area contributed by atoms with Gasteiger partial charge >= 0.3 is 6.03 Å². The zero-order valence-electron chi connectivity index (χ0n) is 15.0. The summed E-state index contributed by atoms with van der Waals surface area (Å²) in [5.41, 5.74) is 6.05. The molecular formula is C18H25N3O4S. The maximum Gasteiger partial charge on any atom is 0.312 e. The fraction of sp³-hybridized carbons (Fsp3) is 0.389. The van der Waals surface area contributed by atoms with Crippen molar-refractivity contribution >= 4 is 26.8 Å². The largest absolute Gasteiger partial charge is 0.492 e. The molecule has 7 nitrogen and oxygen atoms in total. The summed E-state index contributed by atoms with van der Waals surface area (Å²) >= 11 is 0. The molecule has 0 saturated carbocycles. The Morgan fingerprint density at radius 1 is 1.12 bits per heavy atom. The number of nitrogens with one attached hydrogen (secondary N) is 2. The number of primary amides is 1. The standard InChI is InChI=1S/C18H25N3O4S/c1-13(2)26(23,24)21-8-7-14-3-4-16-12-17(6-5-15(16)11-14)25-10-9-20-18(19)22/h3-6,11-13,21H,7-10H2,1-2H3,(H3,19,20,22). The molecule has 0 spiro atoms. The Bertz CT molecular complexity index is 866. The Balaban J connectivity index is 1.94. The predicted octanol–water partition coefficient (Wildman–Crippen LogP) is 1.76. The minimum atomic E-state index is -3.23. The Hall–Kier alpha value is -2.32. The summed E-state index contributed by atoms with van der Waals surface area (Å²) in [5, 5.41) is 4.11. The molecule has 8 heteroatoms.